The van der Waals surface area contributed by atoms with Crippen LogP contribution in [0.4, 0.5) is 0 Å². The first kappa shape index (κ1) is 12.2. The van der Waals surface area contributed by atoms with Gasteiger partial charge in [0.15, 0.2) is 0 Å². The minimum Gasteiger partial charge on any atom is -0.389 e. The number of aliphatic hydroxyl groups is 1. The zero-order chi connectivity index (χ0) is 12.0. The van der Waals surface area contributed by atoms with Crippen LogP contribution < -0.4 is 0 Å². The van der Waals surface area contributed by atoms with E-state index in [-0.39, 0.29) is 0 Å². The first-order valence-electron chi connectivity index (χ1n) is 5.12. The maximum Gasteiger partial charge on any atom is 0.0733 e. The molecule has 0 aliphatic carbocycles. The van der Waals surface area contributed by atoms with E-state index in [0.29, 0.717) is 23.3 Å². The average Bonchev–Trinajstić information content (AvgIpc) is 2.04. The normalized spacial score (nSPS) is 19.3. The second-order valence-electron chi connectivity index (χ2n) is 4.76. The molecule has 1 saturated heterocycles. The molecule has 0 unspecified atom stereocenters. The van der Waals surface area contributed by atoms with Crippen LogP contribution in [0.25, 0.3) is 0 Å². The zero-order valence-electron chi connectivity index (χ0n) is 9.26. The van der Waals surface area contributed by atoms with Gasteiger partial charge < -0.3 is 9.84 Å². The monoisotopic (exact) mass is 260 g/mol. The number of hydrogen-bond donors (Lipinski definition) is 1. The van der Waals surface area contributed by atoms with Crippen molar-refractivity contribution >= 4 is 23.2 Å². The molecule has 0 aromatic heterocycles. The fraction of sp³-hybridized carbons (Fsp3) is 0.500. The standard InChI is InChI=1S/C12H14Cl2O2/c1-11(2,15)12(6-16-7-12)9-4-3-8(13)5-10(9)14/h3-5,15H,6-7H2,1-2H3. The van der Waals surface area contributed by atoms with Crippen LogP contribution in [0.3, 0.4) is 0 Å². The van der Waals surface area contributed by atoms with E-state index in [1.165, 1.54) is 0 Å². The van der Waals surface area contributed by atoms with Crippen molar-refractivity contribution in [1.29, 1.82) is 0 Å². The van der Waals surface area contributed by atoms with Gasteiger partial charge in [0.2, 0.25) is 0 Å². The Bertz CT molecular complexity index is 406. The highest BCUT2D eigenvalue weighted by Gasteiger charge is 2.52. The Labute approximate surface area is 105 Å². The van der Waals surface area contributed by atoms with E-state index in [2.05, 4.69) is 0 Å². The predicted octanol–water partition coefficient (Wildman–Crippen LogP) is 3.03. The van der Waals surface area contributed by atoms with E-state index in [1.54, 1.807) is 26.0 Å². The highest BCUT2D eigenvalue weighted by Crippen LogP contribution is 2.45. The number of ether oxygens (including phenoxy) is 1. The van der Waals surface area contributed by atoms with Crippen LogP contribution in [0, 0.1) is 0 Å². The molecule has 0 atom stereocenters. The van der Waals surface area contributed by atoms with Gasteiger partial charge in [0.1, 0.15) is 0 Å². The van der Waals surface area contributed by atoms with Crippen LogP contribution in [0.2, 0.25) is 10.0 Å². The molecule has 2 rings (SSSR count). The van der Waals surface area contributed by atoms with Gasteiger partial charge in [0, 0.05) is 10.0 Å². The molecule has 0 amide bonds. The molecule has 0 spiro atoms. The van der Waals surface area contributed by atoms with E-state index < -0.39 is 11.0 Å². The van der Waals surface area contributed by atoms with Crippen LogP contribution in [-0.2, 0) is 10.2 Å². The maximum absolute atomic E-state index is 10.3. The Kier molecular flexibility index (Phi) is 2.96. The summed E-state index contributed by atoms with van der Waals surface area (Å²) in [7, 11) is 0. The molecular formula is C12H14Cl2O2. The van der Waals surface area contributed by atoms with Crippen molar-refractivity contribution < 1.29 is 9.84 Å². The van der Waals surface area contributed by atoms with E-state index >= 15 is 0 Å². The second kappa shape index (κ2) is 3.88. The number of halogens is 2. The minimum absolute atomic E-state index is 0.422. The van der Waals surface area contributed by atoms with E-state index in [9.17, 15) is 5.11 Å². The summed E-state index contributed by atoms with van der Waals surface area (Å²) in [6.45, 7) is 4.52. The Morgan fingerprint density at radius 1 is 1.31 bits per heavy atom. The SMILES string of the molecule is CC(C)(O)C1(c2ccc(Cl)cc2Cl)COC1. The molecule has 1 N–H and O–H groups in total. The van der Waals surface area contributed by atoms with Gasteiger partial charge in [-0.2, -0.15) is 0 Å². The summed E-state index contributed by atoms with van der Waals surface area (Å²) in [6.07, 6.45) is 0. The molecule has 2 nitrogen and oxygen atoms in total. The van der Waals surface area contributed by atoms with Gasteiger partial charge in [-0.25, -0.2) is 0 Å². The van der Waals surface area contributed by atoms with Crippen LogP contribution in [0.1, 0.15) is 19.4 Å². The molecule has 0 saturated carbocycles. The minimum atomic E-state index is -0.872. The molecule has 1 aromatic carbocycles. The summed E-state index contributed by atoms with van der Waals surface area (Å²) in [5.74, 6) is 0. The largest absolute Gasteiger partial charge is 0.389 e. The Morgan fingerprint density at radius 2 is 1.94 bits per heavy atom. The molecule has 0 radical (unpaired) electrons. The van der Waals surface area contributed by atoms with Crippen molar-refractivity contribution in [2.24, 2.45) is 0 Å². The van der Waals surface area contributed by atoms with Gasteiger partial charge in [-0.15, -0.1) is 0 Å². The molecule has 4 heteroatoms. The molecular weight excluding hydrogens is 247 g/mol. The third-order valence-electron chi connectivity index (χ3n) is 3.31. The quantitative estimate of drug-likeness (QED) is 0.886. The lowest BCUT2D eigenvalue weighted by molar-refractivity contribution is -0.157. The van der Waals surface area contributed by atoms with Crippen molar-refractivity contribution in [3.63, 3.8) is 0 Å². The highest BCUT2D eigenvalue weighted by molar-refractivity contribution is 6.35. The molecule has 1 aliphatic rings. The van der Waals surface area contributed by atoms with Crippen molar-refractivity contribution in [1.82, 2.24) is 0 Å². The van der Waals surface area contributed by atoms with Crippen molar-refractivity contribution in [2.75, 3.05) is 13.2 Å². The lowest BCUT2D eigenvalue weighted by Gasteiger charge is -2.50. The summed E-state index contributed by atoms with van der Waals surface area (Å²) in [5.41, 5.74) is -0.394. The first-order chi connectivity index (χ1) is 7.37. The van der Waals surface area contributed by atoms with Crippen LogP contribution in [0.5, 0.6) is 0 Å². The summed E-state index contributed by atoms with van der Waals surface area (Å²) in [5, 5.41) is 11.4. The van der Waals surface area contributed by atoms with Crippen molar-refractivity contribution in [3.05, 3.63) is 33.8 Å². The van der Waals surface area contributed by atoms with Crippen molar-refractivity contribution in [3.8, 4) is 0 Å². The van der Waals surface area contributed by atoms with Crippen molar-refractivity contribution in [2.45, 2.75) is 24.9 Å². The van der Waals surface area contributed by atoms with Crippen LogP contribution >= 0.6 is 23.2 Å². The average molecular weight is 261 g/mol. The lowest BCUT2D eigenvalue weighted by Crippen LogP contribution is -2.60. The summed E-state index contributed by atoms with van der Waals surface area (Å²) in [6, 6.07) is 5.35. The molecule has 1 aliphatic heterocycles. The van der Waals surface area contributed by atoms with Gasteiger partial charge in [-0.3, -0.25) is 0 Å². The summed E-state index contributed by atoms with van der Waals surface area (Å²) in [4.78, 5) is 0. The van der Waals surface area contributed by atoms with E-state index in [1.807, 2.05) is 6.07 Å². The third kappa shape index (κ3) is 1.74. The molecule has 1 aromatic rings. The van der Waals surface area contributed by atoms with Gasteiger partial charge in [0.05, 0.1) is 24.2 Å². The van der Waals surface area contributed by atoms with Gasteiger partial charge >= 0.3 is 0 Å². The fourth-order valence-electron chi connectivity index (χ4n) is 2.02. The van der Waals surface area contributed by atoms with Gasteiger partial charge in [0.25, 0.3) is 0 Å². The number of rotatable bonds is 2. The molecule has 88 valence electrons. The molecule has 0 bridgehead atoms. The molecule has 1 fully saturated rings. The highest BCUT2D eigenvalue weighted by atomic mass is 35.5. The zero-order valence-corrected chi connectivity index (χ0v) is 10.8. The Hall–Kier alpha value is -0.280. The first-order valence-corrected chi connectivity index (χ1v) is 5.88. The van der Waals surface area contributed by atoms with Gasteiger partial charge in [-0.05, 0) is 31.5 Å². The van der Waals surface area contributed by atoms with Gasteiger partial charge in [-0.1, -0.05) is 29.3 Å². The number of hydrogen-bond acceptors (Lipinski definition) is 2. The summed E-state index contributed by atoms with van der Waals surface area (Å²) >= 11 is 12.0. The smallest absolute Gasteiger partial charge is 0.0733 e. The van der Waals surface area contributed by atoms with Crippen LogP contribution in [0.15, 0.2) is 18.2 Å². The van der Waals surface area contributed by atoms with E-state index in [4.69, 9.17) is 27.9 Å². The predicted molar refractivity (Wildman–Crippen MR) is 65.3 cm³/mol. The summed E-state index contributed by atoms with van der Waals surface area (Å²) < 4.78 is 5.25. The number of benzene rings is 1. The second-order valence-corrected chi connectivity index (χ2v) is 5.60. The molecule has 1 heterocycles. The Balaban J connectivity index is 2.49. The topological polar surface area (TPSA) is 29.5 Å². The fourth-order valence-corrected chi connectivity index (χ4v) is 2.61. The lowest BCUT2D eigenvalue weighted by atomic mass is 9.67. The Morgan fingerprint density at radius 3 is 2.31 bits per heavy atom. The molecule has 16 heavy (non-hydrogen) atoms. The maximum atomic E-state index is 10.3. The van der Waals surface area contributed by atoms with E-state index in [0.717, 1.165) is 5.56 Å². The van der Waals surface area contributed by atoms with Crippen LogP contribution in [-0.4, -0.2) is 23.9 Å². The third-order valence-corrected chi connectivity index (χ3v) is 3.86.